The molecule has 1 aliphatic carbocycles. The predicted octanol–water partition coefficient (Wildman–Crippen LogP) is 5.48. The molecule has 1 unspecified atom stereocenters. The van der Waals surface area contributed by atoms with E-state index in [1.807, 2.05) is 6.07 Å². The average molecular weight is 358 g/mol. The van der Waals surface area contributed by atoms with Crippen molar-refractivity contribution < 1.29 is 9.84 Å². The van der Waals surface area contributed by atoms with Gasteiger partial charge in [0.25, 0.3) is 0 Å². The summed E-state index contributed by atoms with van der Waals surface area (Å²) >= 11 is 0. The second-order valence-corrected chi connectivity index (χ2v) is 7.65. The van der Waals surface area contributed by atoms with E-state index in [2.05, 4.69) is 39.5 Å². The first-order chi connectivity index (χ1) is 12.5. The van der Waals surface area contributed by atoms with E-state index >= 15 is 0 Å². The molecule has 3 nitrogen and oxygen atoms in total. The van der Waals surface area contributed by atoms with Crippen molar-refractivity contribution in [2.75, 3.05) is 13.2 Å². The molecule has 0 radical (unpaired) electrons. The van der Waals surface area contributed by atoms with E-state index in [0.29, 0.717) is 24.8 Å². The van der Waals surface area contributed by atoms with Crippen LogP contribution in [0, 0.1) is 5.92 Å². The lowest BCUT2D eigenvalue weighted by molar-refractivity contribution is 0.315. The third-order valence-electron chi connectivity index (χ3n) is 5.34. The summed E-state index contributed by atoms with van der Waals surface area (Å²) in [6.07, 6.45) is 8.91. The summed E-state index contributed by atoms with van der Waals surface area (Å²) in [5.74, 6) is 1.56. The third kappa shape index (κ3) is 5.14. The van der Waals surface area contributed by atoms with Gasteiger partial charge in [-0.1, -0.05) is 43.6 Å². The number of unbranched alkanes of at least 4 members (excludes halogenated alkanes) is 2. The van der Waals surface area contributed by atoms with Gasteiger partial charge in [0, 0.05) is 18.0 Å². The molecule has 1 aromatic rings. The molecule has 0 amide bonds. The zero-order chi connectivity index (χ0) is 19.1. The maximum Gasteiger partial charge on any atom is 0.127 e. The van der Waals surface area contributed by atoms with Crippen LogP contribution in [-0.4, -0.2) is 18.3 Å². The Kier molecular flexibility index (Phi) is 7.77. The monoisotopic (exact) mass is 357 g/mol. The Morgan fingerprint density at radius 2 is 2.12 bits per heavy atom. The molecule has 1 aliphatic rings. The molecule has 2 atom stereocenters. The van der Waals surface area contributed by atoms with Gasteiger partial charge < -0.3 is 15.6 Å². The smallest absolute Gasteiger partial charge is 0.127 e. The SMILES string of the molecule is C=C(C)[C@@H]1CCC(C)=CC1c1c(O)cc(CCCCC)cc1OCCN. The Balaban J connectivity index is 2.43. The largest absolute Gasteiger partial charge is 0.507 e. The van der Waals surface area contributed by atoms with Crippen LogP contribution >= 0.6 is 0 Å². The number of aromatic hydroxyl groups is 1. The summed E-state index contributed by atoms with van der Waals surface area (Å²) in [6, 6.07) is 4.03. The third-order valence-corrected chi connectivity index (χ3v) is 5.34. The van der Waals surface area contributed by atoms with Gasteiger partial charge in [-0.05, 0) is 63.1 Å². The molecule has 26 heavy (non-hydrogen) atoms. The van der Waals surface area contributed by atoms with Gasteiger partial charge in [-0.3, -0.25) is 0 Å². The molecule has 0 aliphatic heterocycles. The fourth-order valence-corrected chi connectivity index (χ4v) is 3.92. The Hall–Kier alpha value is -1.74. The Bertz CT molecular complexity index is 648. The van der Waals surface area contributed by atoms with Gasteiger partial charge in [-0.15, -0.1) is 0 Å². The lowest BCUT2D eigenvalue weighted by Gasteiger charge is -2.32. The Morgan fingerprint density at radius 1 is 1.35 bits per heavy atom. The molecular formula is C23H35NO2. The van der Waals surface area contributed by atoms with Crippen LogP contribution in [-0.2, 0) is 6.42 Å². The molecule has 0 saturated heterocycles. The van der Waals surface area contributed by atoms with Gasteiger partial charge in [-0.25, -0.2) is 0 Å². The Labute approximate surface area is 158 Å². The van der Waals surface area contributed by atoms with E-state index in [-0.39, 0.29) is 5.92 Å². The van der Waals surface area contributed by atoms with Crippen molar-refractivity contribution in [3.05, 3.63) is 47.1 Å². The number of allylic oxidation sites excluding steroid dienone is 3. The summed E-state index contributed by atoms with van der Waals surface area (Å²) in [7, 11) is 0. The van der Waals surface area contributed by atoms with E-state index in [1.54, 1.807) is 0 Å². The van der Waals surface area contributed by atoms with E-state index < -0.39 is 0 Å². The minimum Gasteiger partial charge on any atom is -0.507 e. The van der Waals surface area contributed by atoms with Crippen LogP contribution in [0.15, 0.2) is 35.9 Å². The van der Waals surface area contributed by atoms with Crippen molar-refractivity contribution >= 4 is 0 Å². The molecular weight excluding hydrogens is 322 g/mol. The fraction of sp³-hybridized carbons (Fsp3) is 0.565. The van der Waals surface area contributed by atoms with Crippen LogP contribution in [0.5, 0.6) is 11.5 Å². The zero-order valence-corrected chi connectivity index (χ0v) is 16.7. The minimum absolute atomic E-state index is 0.110. The Morgan fingerprint density at radius 3 is 2.77 bits per heavy atom. The van der Waals surface area contributed by atoms with Crippen molar-refractivity contribution in [1.82, 2.24) is 0 Å². The fourth-order valence-electron chi connectivity index (χ4n) is 3.92. The van der Waals surface area contributed by atoms with E-state index in [0.717, 1.165) is 48.1 Å². The second kappa shape index (κ2) is 9.82. The van der Waals surface area contributed by atoms with Gasteiger partial charge in [-0.2, -0.15) is 0 Å². The minimum atomic E-state index is 0.110. The molecule has 0 bridgehead atoms. The molecule has 144 valence electrons. The maximum atomic E-state index is 10.9. The first kappa shape index (κ1) is 20.6. The van der Waals surface area contributed by atoms with Gasteiger partial charge >= 0.3 is 0 Å². The lowest BCUT2D eigenvalue weighted by Crippen LogP contribution is -2.19. The number of aryl methyl sites for hydroxylation is 1. The number of ether oxygens (including phenoxy) is 1. The molecule has 0 spiro atoms. The highest BCUT2D eigenvalue weighted by molar-refractivity contribution is 5.52. The van der Waals surface area contributed by atoms with E-state index in [4.69, 9.17) is 10.5 Å². The first-order valence-electron chi connectivity index (χ1n) is 9.99. The number of nitrogens with two attached hydrogens (primary N) is 1. The number of phenolic OH excluding ortho intramolecular Hbond substituents is 1. The van der Waals surface area contributed by atoms with Crippen LogP contribution in [0.2, 0.25) is 0 Å². The van der Waals surface area contributed by atoms with Crippen molar-refractivity contribution in [3.8, 4) is 11.5 Å². The summed E-state index contributed by atoms with van der Waals surface area (Å²) in [5.41, 5.74) is 10.2. The molecule has 0 fully saturated rings. The highest BCUT2D eigenvalue weighted by atomic mass is 16.5. The summed E-state index contributed by atoms with van der Waals surface area (Å²) in [6.45, 7) is 11.6. The quantitative estimate of drug-likeness (QED) is 0.454. The van der Waals surface area contributed by atoms with Gasteiger partial charge in [0.2, 0.25) is 0 Å². The summed E-state index contributed by atoms with van der Waals surface area (Å²) in [4.78, 5) is 0. The van der Waals surface area contributed by atoms with Gasteiger partial charge in [0.05, 0.1) is 0 Å². The van der Waals surface area contributed by atoms with Crippen LogP contribution in [0.25, 0.3) is 0 Å². The van der Waals surface area contributed by atoms with Gasteiger partial charge in [0.1, 0.15) is 18.1 Å². The highest BCUT2D eigenvalue weighted by Crippen LogP contribution is 2.46. The van der Waals surface area contributed by atoms with Crippen LogP contribution < -0.4 is 10.5 Å². The standard InChI is InChI=1S/C23H35NO2/c1-5-6-7-8-18-14-21(25)23(22(15-18)26-12-11-24)20-13-17(4)9-10-19(20)16(2)3/h13-15,19-20,25H,2,5-12,24H2,1,3-4H3/t19-,20?/m0/s1. The normalized spacial score (nSPS) is 19.9. The van der Waals surface area contributed by atoms with Crippen molar-refractivity contribution in [3.63, 3.8) is 0 Å². The van der Waals surface area contributed by atoms with Crippen molar-refractivity contribution in [2.45, 2.75) is 65.2 Å². The predicted molar refractivity (Wildman–Crippen MR) is 110 cm³/mol. The topological polar surface area (TPSA) is 55.5 Å². The average Bonchev–Trinajstić information content (AvgIpc) is 2.59. The van der Waals surface area contributed by atoms with Crippen LogP contribution in [0.4, 0.5) is 0 Å². The molecule has 0 saturated carbocycles. The van der Waals surface area contributed by atoms with Crippen LogP contribution in [0.1, 0.15) is 69.9 Å². The number of hydrogen-bond donors (Lipinski definition) is 2. The molecule has 1 aromatic carbocycles. The number of rotatable bonds is 9. The summed E-state index contributed by atoms with van der Waals surface area (Å²) in [5, 5.41) is 10.9. The van der Waals surface area contributed by atoms with Crippen molar-refractivity contribution in [2.24, 2.45) is 11.7 Å². The molecule has 3 N–H and O–H groups in total. The zero-order valence-electron chi connectivity index (χ0n) is 16.7. The molecule has 0 heterocycles. The summed E-state index contributed by atoms with van der Waals surface area (Å²) < 4.78 is 5.99. The molecule has 2 rings (SSSR count). The van der Waals surface area contributed by atoms with E-state index in [9.17, 15) is 5.11 Å². The molecule has 0 aromatic heterocycles. The van der Waals surface area contributed by atoms with Crippen molar-refractivity contribution in [1.29, 1.82) is 0 Å². The highest BCUT2D eigenvalue weighted by Gasteiger charge is 2.30. The lowest BCUT2D eigenvalue weighted by atomic mass is 9.73. The number of phenols is 1. The van der Waals surface area contributed by atoms with Crippen LogP contribution in [0.3, 0.4) is 0 Å². The molecule has 3 heteroatoms. The van der Waals surface area contributed by atoms with E-state index in [1.165, 1.54) is 18.4 Å². The number of benzene rings is 1. The number of hydrogen-bond acceptors (Lipinski definition) is 3. The maximum absolute atomic E-state index is 10.9. The second-order valence-electron chi connectivity index (χ2n) is 7.65. The van der Waals surface area contributed by atoms with Gasteiger partial charge in [0.15, 0.2) is 0 Å². The first-order valence-corrected chi connectivity index (χ1v) is 9.99.